The third-order valence-corrected chi connectivity index (χ3v) is 3.68. The quantitative estimate of drug-likeness (QED) is 0.718. The molecule has 0 saturated heterocycles. The Morgan fingerprint density at radius 1 is 1.29 bits per heavy atom. The fourth-order valence-electron chi connectivity index (χ4n) is 0.983. The highest BCUT2D eigenvalue weighted by Gasteiger charge is 2.01. The minimum absolute atomic E-state index is 0.204. The number of thiazole rings is 1. The molecular formula is C9H7BFNS2. The molecule has 1 nitrogen and oxygen atoms in total. The second-order valence-corrected chi connectivity index (χ2v) is 4.99. The lowest BCUT2D eigenvalue weighted by molar-refractivity contribution is 0.626. The summed E-state index contributed by atoms with van der Waals surface area (Å²) in [4.78, 5) is 5.33. The summed E-state index contributed by atoms with van der Waals surface area (Å²) in [7, 11) is 1.96. The molecule has 5 heteroatoms. The molecule has 70 valence electrons. The molecule has 0 atom stereocenters. The molecule has 0 bridgehead atoms. The van der Waals surface area contributed by atoms with Crippen LogP contribution in [0.2, 0.25) is 0 Å². The monoisotopic (exact) mass is 223 g/mol. The maximum atomic E-state index is 12.6. The topological polar surface area (TPSA) is 12.9 Å². The SMILES string of the molecule is Bc1csc(Sc2ccc(F)cc2)n1. The van der Waals surface area contributed by atoms with Crippen LogP contribution in [0.1, 0.15) is 0 Å². The Labute approximate surface area is 90.8 Å². The Hall–Kier alpha value is -0.805. The highest BCUT2D eigenvalue weighted by atomic mass is 32.2. The van der Waals surface area contributed by atoms with E-state index in [9.17, 15) is 4.39 Å². The normalized spacial score (nSPS) is 10.4. The maximum Gasteiger partial charge on any atom is 0.165 e. The van der Waals surface area contributed by atoms with E-state index in [1.54, 1.807) is 35.2 Å². The van der Waals surface area contributed by atoms with Gasteiger partial charge in [-0.2, -0.15) is 0 Å². The van der Waals surface area contributed by atoms with E-state index < -0.39 is 0 Å². The van der Waals surface area contributed by atoms with Gasteiger partial charge in [-0.15, -0.1) is 11.3 Å². The van der Waals surface area contributed by atoms with Crippen LogP contribution in [-0.4, -0.2) is 12.8 Å². The summed E-state index contributed by atoms with van der Waals surface area (Å²) in [6, 6.07) is 6.44. The van der Waals surface area contributed by atoms with Crippen molar-refractivity contribution in [3.8, 4) is 0 Å². The van der Waals surface area contributed by atoms with Gasteiger partial charge in [0.05, 0.1) is 0 Å². The first-order valence-electron chi connectivity index (χ1n) is 4.09. The predicted molar refractivity (Wildman–Crippen MR) is 60.8 cm³/mol. The molecule has 0 aliphatic rings. The molecule has 0 unspecified atom stereocenters. The highest BCUT2D eigenvalue weighted by Crippen LogP contribution is 2.28. The van der Waals surface area contributed by atoms with Gasteiger partial charge in [0.1, 0.15) is 5.82 Å². The Kier molecular flexibility index (Phi) is 2.89. The van der Waals surface area contributed by atoms with E-state index in [0.29, 0.717) is 0 Å². The fourth-order valence-corrected chi connectivity index (χ4v) is 2.79. The zero-order chi connectivity index (χ0) is 9.97. The Balaban J connectivity index is 2.15. The lowest BCUT2D eigenvalue weighted by atomic mass is 10.1. The van der Waals surface area contributed by atoms with Crippen molar-refractivity contribution in [3.05, 3.63) is 35.5 Å². The van der Waals surface area contributed by atoms with Crippen LogP contribution in [-0.2, 0) is 0 Å². The van der Waals surface area contributed by atoms with Crippen LogP contribution in [0.3, 0.4) is 0 Å². The molecule has 0 fully saturated rings. The van der Waals surface area contributed by atoms with E-state index in [0.717, 1.165) is 14.8 Å². The molecule has 14 heavy (non-hydrogen) atoms. The lowest BCUT2D eigenvalue weighted by Gasteiger charge is -1.96. The smallest absolute Gasteiger partial charge is 0.165 e. The van der Waals surface area contributed by atoms with Gasteiger partial charge in [0, 0.05) is 15.9 Å². The Morgan fingerprint density at radius 3 is 2.57 bits per heavy atom. The van der Waals surface area contributed by atoms with E-state index >= 15 is 0 Å². The van der Waals surface area contributed by atoms with Gasteiger partial charge in [0.15, 0.2) is 12.2 Å². The molecule has 0 aliphatic carbocycles. The first-order chi connectivity index (χ1) is 6.74. The van der Waals surface area contributed by atoms with Crippen molar-refractivity contribution >= 4 is 36.5 Å². The number of benzene rings is 1. The van der Waals surface area contributed by atoms with Crippen molar-refractivity contribution < 1.29 is 4.39 Å². The minimum atomic E-state index is -0.204. The second kappa shape index (κ2) is 4.15. The van der Waals surface area contributed by atoms with Gasteiger partial charge in [-0.1, -0.05) is 11.8 Å². The summed E-state index contributed by atoms with van der Waals surface area (Å²) in [6.07, 6.45) is 0. The first-order valence-corrected chi connectivity index (χ1v) is 5.79. The molecule has 0 saturated carbocycles. The molecule has 0 radical (unpaired) electrons. The minimum Gasteiger partial charge on any atom is -0.245 e. The van der Waals surface area contributed by atoms with Crippen molar-refractivity contribution in [2.45, 2.75) is 9.24 Å². The number of rotatable bonds is 2. The summed E-state index contributed by atoms with van der Waals surface area (Å²) >= 11 is 3.16. The van der Waals surface area contributed by atoms with Gasteiger partial charge in [-0.05, 0) is 24.3 Å². The van der Waals surface area contributed by atoms with Gasteiger partial charge in [-0.25, -0.2) is 9.37 Å². The van der Waals surface area contributed by atoms with Crippen LogP contribution in [0, 0.1) is 5.82 Å². The van der Waals surface area contributed by atoms with Crippen molar-refractivity contribution in [2.75, 3.05) is 0 Å². The van der Waals surface area contributed by atoms with E-state index in [4.69, 9.17) is 0 Å². The predicted octanol–water partition coefficient (Wildman–Crippen LogP) is 1.69. The van der Waals surface area contributed by atoms with Crippen molar-refractivity contribution in [3.63, 3.8) is 0 Å². The lowest BCUT2D eigenvalue weighted by Crippen LogP contribution is -2.00. The molecule has 0 spiro atoms. The number of aromatic nitrogens is 1. The average molecular weight is 223 g/mol. The summed E-state index contributed by atoms with van der Waals surface area (Å²) in [6.45, 7) is 0. The third-order valence-electron chi connectivity index (χ3n) is 1.62. The highest BCUT2D eigenvalue weighted by molar-refractivity contribution is 8.01. The molecule has 1 heterocycles. The van der Waals surface area contributed by atoms with Crippen LogP contribution in [0.5, 0.6) is 0 Å². The van der Waals surface area contributed by atoms with Crippen molar-refractivity contribution in [2.24, 2.45) is 0 Å². The van der Waals surface area contributed by atoms with E-state index in [-0.39, 0.29) is 5.82 Å². The van der Waals surface area contributed by atoms with E-state index in [1.807, 2.05) is 13.2 Å². The molecule has 2 rings (SSSR count). The van der Waals surface area contributed by atoms with Crippen LogP contribution < -0.4 is 5.59 Å². The van der Waals surface area contributed by atoms with Gasteiger partial charge in [0.25, 0.3) is 0 Å². The van der Waals surface area contributed by atoms with E-state index in [1.165, 1.54) is 12.1 Å². The summed E-state index contributed by atoms with van der Waals surface area (Å²) < 4.78 is 13.6. The van der Waals surface area contributed by atoms with Crippen molar-refractivity contribution in [1.29, 1.82) is 0 Å². The van der Waals surface area contributed by atoms with Crippen molar-refractivity contribution in [1.82, 2.24) is 4.98 Å². The first kappa shape index (κ1) is 9.74. The second-order valence-electron chi connectivity index (χ2n) is 2.81. The van der Waals surface area contributed by atoms with Gasteiger partial charge >= 0.3 is 0 Å². The molecule has 0 amide bonds. The largest absolute Gasteiger partial charge is 0.245 e. The molecule has 1 aromatic heterocycles. The number of nitrogens with zero attached hydrogens (tertiary/aromatic N) is 1. The van der Waals surface area contributed by atoms with Gasteiger partial charge < -0.3 is 0 Å². The number of hydrogen-bond acceptors (Lipinski definition) is 3. The Bertz CT molecular complexity index is 427. The zero-order valence-electron chi connectivity index (χ0n) is 7.53. The zero-order valence-corrected chi connectivity index (χ0v) is 9.16. The fraction of sp³-hybridized carbons (Fsp3) is 0. The number of halogens is 1. The average Bonchev–Trinajstić information content (AvgIpc) is 2.56. The van der Waals surface area contributed by atoms with Crippen LogP contribution in [0.15, 0.2) is 38.9 Å². The standard InChI is InChI=1S/C9H7BFNS2/c10-8-5-13-9(12-8)14-7-3-1-6(11)2-4-7/h1-5H,10H2. The van der Waals surface area contributed by atoms with Crippen LogP contribution in [0.4, 0.5) is 4.39 Å². The number of hydrogen-bond donors (Lipinski definition) is 0. The van der Waals surface area contributed by atoms with Gasteiger partial charge in [0.2, 0.25) is 0 Å². The summed E-state index contributed by atoms with van der Waals surface area (Å²) in [5.74, 6) is -0.204. The summed E-state index contributed by atoms with van der Waals surface area (Å²) in [5, 5.41) is 2.01. The van der Waals surface area contributed by atoms with E-state index in [2.05, 4.69) is 4.98 Å². The maximum absolute atomic E-state index is 12.6. The molecule has 0 N–H and O–H groups in total. The Morgan fingerprint density at radius 2 is 2.00 bits per heavy atom. The molecule has 2 aromatic rings. The molecular weight excluding hydrogens is 216 g/mol. The molecule has 1 aromatic carbocycles. The van der Waals surface area contributed by atoms with Gasteiger partial charge in [-0.3, -0.25) is 0 Å². The molecule has 0 aliphatic heterocycles. The van der Waals surface area contributed by atoms with Crippen LogP contribution in [0.25, 0.3) is 0 Å². The summed E-state index contributed by atoms with van der Waals surface area (Å²) in [5.41, 5.74) is 1.03. The third kappa shape index (κ3) is 2.36. The van der Waals surface area contributed by atoms with Crippen LogP contribution >= 0.6 is 23.1 Å².